The number of nitro groups is 1. The lowest BCUT2D eigenvalue weighted by molar-refractivity contribution is -0.386. The quantitative estimate of drug-likeness (QED) is 0.375. The SMILES string of the molecule is CCc1ccc(C(=O)/C=C/c2cc(OC)c(O)c([N+](=O)[O-])c2)s1. The predicted octanol–water partition coefficient (Wildman–Crippen LogP) is 3.83. The molecule has 1 aromatic carbocycles. The van der Waals surface area contributed by atoms with Gasteiger partial charge in [0.25, 0.3) is 0 Å². The zero-order valence-electron chi connectivity index (χ0n) is 12.6. The molecule has 0 amide bonds. The highest BCUT2D eigenvalue weighted by Crippen LogP contribution is 2.37. The molecule has 1 aromatic heterocycles. The summed E-state index contributed by atoms with van der Waals surface area (Å²) in [5, 5.41) is 20.7. The Morgan fingerprint density at radius 3 is 2.74 bits per heavy atom. The van der Waals surface area contributed by atoms with Crippen molar-refractivity contribution in [1.29, 1.82) is 0 Å². The molecule has 0 saturated carbocycles. The number of rotatable bonds is 6. The third-order valence-electron chi connectivity index (χ3n) is 3.17. The molecule has 2 aromatic rings. The van der Waals surface area contributed by atoms with Crippen molar-refractivity contribution in [2.45, 2.75) is 13.3 Å². The van der Waals surface area contributed by atoms with Gasteiger partial charge in [0.2, 0.25) is 5.75 Å². The van der Waals surface area contributed by atoms with Gasteiger partial charge < -0.3 is 9.84 Å². The van der Waals surface area contributed by atoms with Gasteiger partial charge in [-0.25, -0.2) is 0 Å². The van der Waals surface area contributed by atoms with Crippen LogP contribution in [-0.2, 0) is 6.42 Å². The number of allylic oxidation sites excluding steroid dienone is 1. The van der Waals surface area contributed by atoms with Gasteiger partial charge in [0.1, 0.15) is 0 Å². The van der Waals surface area contributed by atoms with E-state index in [1.165, 1.54) is 42.7 Å². The number of carbonyl (C=O) groups is 1. The largest absolute Gasteiger partial charge is 0.500 e. The number of ketones is 1. The van der Waals surface area contributed by atoms with Crippen molar-refractivity contribution >= 4 is 28.9 Å². The number of methoxy groups -OCH3 is 1. The minimum Gasteiger partial charge on any atom is -0.500 e. The third-order valence-corrected chi connectivity index (χ3v) is 4.42. The van der Waals surface area contributed by atoms with E-state index in [0.717, 1.165) is 11.3 Å². The van der Waals surface area contributed by atoms with E-state index in [1.807, 2.05) is 13.0 Å². The molecule has 1 heterocycles. The first kappa shape index (κ1) is 16.7. The highest BCUT2D eigenvalue weighted by Gasteiger charge is 2.19. The molecular weight excluding hydrogens is 318 g/mol. The molecule has 2 rings (SSSR count). The number of phenolic OH excluding ortho intramolecular Hbond substituents is 1. The van der Waals surface area contributed by atoms with Crippen LogP contribution >= 0.6 is 11.3 Å². The Morgan fingerprint density at radius 2 is 2.17 bits per heavy atom. The first-order valence-electron chi connectivity index (χ1n) is 6.82. The zero-order chi connectivity index (χ0) is 17.0. The maximum Gasteiger partial charge on any atom is 0.315 e. The maximum absolute atomic E-state index is 12.1. The summed E-state index contributed by atoms with van der Waals surface area (Å²) in [6.45, 7) is 2.01. The Morgan fingerprint density at radius 1 is 1.43 bits per heavy atom. The topological polar surface area (TPSA) is 89.7 Å². The average molecular weight is 333 g/mol. The number of carbonyl (C=O) groups excluding carboxylic acids is 1. The first-order chi connectivity index (χ1) is 11.0. The van der Waals surface area contributed by atoms with Gasteiger partial charge >= 0.3 is 5.69 Å². The molecule has 0 saturated heterocycles. The summed E-state index contributed by atoms with van der Waals surface area (Å²) in [7, 11) is 1.30. The van der Waals surface area contributed by atoms with Gasteiger partial charge in [-0.15, -0.1) is 11.3 Å². The number of aryl methyl sites for hydroxylation is 1. The van der Waals surface area contributed by atoms with Gasteiger partial charge in [-0.1, -0.05) is 13.0 Å². The molecule has 0 aliphatic heterocycles. The Labute approximate surface area is 136 Å². The zero-order valence-corrected chi connectivity index (χ0v) is 13.4. The summed E-state index contributed by atoms with van der Waals surface area (Å²) in [6.07, 6.45) is 3.67. The van der Waals surface area contributed by atoms with Gasteiger partial charge in [0.05, 0.1) is 16.9 Å². The van der Waals surface area contributed by atoms with Crippen LogP contribution in [0.1, 0.15) is 27.0 Å². The van der Waals surface area contributed by atoms with E-state index in [1.54, 1.807) is 6.07 Å². The van der Waals surface area contributed by atoms with Crippen molar-refractivity contribution in [3.8, 4) is 11.5 Å². The molecule has 6 nitrogen and oxygen atoms in total. The number of thiophene rings is 1. The van der Waals surface area contributed by atoms with Crippen LogP contribution in [0.15, 0.2) is 30.3 Å². The Hall–Kier alpha value is -2.67. The van der Waals surface area contributed by atoms with E-state index in [0.29, 0.717) is 10.4 Å². The fourth-order valence-corrected chi connectivity index (χ4v) is 2.83. The van der Waals surface area contributed by atoms with Crippen LogP contribution in [0.25, 0.3) is 6.08 Å². The second-order valence-corrected chi connectivity index (χ2v) is 5.83. The smallest absolute Gasteiger partial charge is 0.315 e. The van der Waals surface area contributed by atoms with Crippen molar-refractivity contribution in [2.75, 3.05) is 7.11 Å². The molecule has 0 unspecified atom stereocenters. The van der Waals surface area contributed by atoms with E-state index in [9.17, 15) is 20.0 Å². The first-order valence-corrected chi connectivity index (χ1v) is 7.64. The lowest BCUT2D eigenvalue weighted by atomic mass is 10.1. The third kappa shape index (κ3) is 3.75. The summed E-state index contributed by atoms with van der Waals surface area (Å²) in [4.78, 5) is 24.1. The minimum absolute atomic E-state index is 0.0179. The average Bonchev–Trinajstić information content (AvgIpc) is 3.02. The number of hydrogen-bond donors (Lipinski definition) is 1. The monoisotopic (exact) mass is 333 g/mol. The molecule has 7 heteroatoms. The van der Waals surface area contributed by atoms with E-state index in [-0.39, 0.29) is 11.5 Å². The molecule has 23 heavy (non-hydrogen) atoms. The van der Waals surface area contributed by atoms with E-state index < -0.39 is 16.4 Å². The minimum atomic E-state index is -0.705. The van der Waals surface area contributed by atoms with Crippen molar-refractivity contribution in [3.05, 3.63) is 55.8 Å². The molecule has 120 valence electrons. The summed E-state index contributed by atoms with van der Waals surface area (Å²) >= 11 is 1.42. The molecule has 0 spiro atoms. The highest BCUT2D eigenvalue weighted by molar-refractivity contribution is 7.14. The number of benzene rings is 1. The van der Waals surface area contributed by atoms with Crippen LogP contribution in [0.5, 0.6) is 11.5 Å². The number of aromatic hydroxyl groups is 1. The number of hydrogen-bond acceptors (Lipinski definition) is 6. The summed E-state index contributed by atoms with van der Waals surface area (Å²) in [5.74, 6) is -0.730. The molecule has 0 fully saturated rings. The highest BCUT2D eigenvalue weighted by atomic mass is 32.1. The van der Waals surface area contributed by atoms with Gasteiger partial charge in [0, 0.05) is 10.9 Å². The van der Waals surface area contributed by atoms with E-state index in [2.05, 4.69) is 0 Å². The van der Waals surface area contributed by atoms with Crippen LogP contribution < -0.4 is 4.74 Å². The summed E-state index contributed by atoms with van der Waals surface area (Å²) in [5.41, 5.74) is -0.0761. The fraction of sp³-hybridized carbons (Fsp3) is 0.188. The molecule has 0 aliphatic rings. The fourth-order valence-electron chi connectivity index (χ4n) is 1.96. The van der Waals surface area contributed by atoms with Crippen LogP contribution in [0.4, 0.5) is 5.69 Å². The second-order valence-electron chi connectivity index (χ2n) is 4.67. The number of phenols is 1. The summed E-state index contributed by atoms with van der Waals surface area (Å²) in [6, 6.07) is 6.28. The van der Waals surface area contributed by atoms with Gasteiger partial charge in [-0.2, -0.15) is 0 Å². The van der Waals surface area contributed by atoms with Crippen molar-refractivity contribution in [1.82, 2.24) is 0 Å². The second kappa shape index (κ2) is 7.06. The molecule has 0 atom stereocenters. The van der Waals surface area contributed by atoms with Gasteiger partial charge in [-0.3, -0.25) is 14.9 Å². The Kier molecular flexibility index (Phi) is 5.13. The van der Waals surface area contributed by atoms with Crippen molar-refractivity contribution in [2.24, 2.45) is 0 Å². The lowest BCUT2D eigenvalue weighted by Crippen LogP contribution is -1.94. The van der Waals surface area contributed by atoms with Crippen LogP contribution in [0.3, 0.4) is 0 Å². The van der Waals surface area contributed by atoms with E-state index >= 15 is 0 Å². The maximum atomic E-state index is 12.1. The van der Waals surface area contributed by atoms with Crippen LogP contribution in [-0.4, -0.2) is 22.9 Å². The van der Waals surface area contributed by atoms with Gasteiger partial charge in [-0.05, 0) is 36.3 Å². The Balaban J connectivity index is 2.29. The molecular formula is C16H15NO5S. The molecule has 0 radical (unpaired) electrons. The normalized spacial score (nSPS) is 10.9. The van der Waals surface area contributed by atoms with Crippen molar-refractivity contribution < 1.29 is 19.6 Å². The molecule has 1 N–H and O–H groups in total. The van der Waals surface area contributed by atoms with E-state index in [4.69, 9.17) is 4.74 Å². The summed E-state index contributed by atoms with van der Waals surface area (Å²) < 4.78 is 4.91. The van der Waals surface area contributed by atoms with Crippen molar-refractivity contribution in [3.63, 3.8) is 0 Å². The number of ether oxygens (including phenoxy) is 1. The molecule has 0 aliphatic carbocycles. The lowest BCUT2D eigenvalue weighted by Gasteiger charge is -2.05. The molecule has 0 bridgehead atoms. The predicted molar refractivity (Wildman–Crippen MR) is 88.4 cm³/mol. The van der Waals surface area contributed by atoms with Crippen LogP contribution in [0.2, 0.25) is 0 Å². The Bertz CT molecular complexity index is 779. The van der Waals surface area contributed by atoms with Crippen LogP contribution in [0, 0.1) is 10.1 Å². The standard InChI is InChI=1S/C16H15NO5S/c1-3-11-5-7-15(23-11)13(18)6-4-10-8-12(17(20)21)16(19)14(9-10)22-2/h4-9,19H,3H2,1-2H3/b6-4+. The van der Waals surface area contributed by atoms with Gasteiger partial charge in [0.15, 0.2) is 11.5 Å². The number of nitrogens with zero attached hydrogens (tertiary/aromatic N) is 1. The number of nitro benzene ring substituents is 1.